The summed E-state index contributed by atoms with van der Waals surface area (Å²) >= 11 is 1.47. The predicted octanol–water partition coefficient (Wildman–Crippen LogP) is -0.884. The van der Waals surface area contributed by atoms with Gasteiger partial charge in [-0.3, -0.25) is 14.5 Å². The summed E-state index contributed by atoms with van der Waals surface area (Å²) in [5.41, 5.74) is 5.83. The number of nitrogens with zero attached hydrogens (tertiary/aromatic N) is 3. The Morgan fingerprint density at radius 1 is 1.28 bits per heavy atom. The zero-order valence-electron chi connectivity index (χ0n) is 16.8. The first-order valence-electron chi connectivity index (χ1n) is 10.0. The Balaban J connectivity index is 1.49. The fourth-order valence-corrected chi connectivity index (χ4v) is 6.69. The molecule has 4 aliphatic heterocycles. The fourth-order valence-electron chi connectivity index (χ4n) is 5.09. The van der Waals surface area contributed by atoms with E-state index in [9.17, 15) is 24.6 Å². The van der Waals surface area contributed by atoms with Crippen molar-refractivity contribution in [1.29, 1.82) is 0 Å². The first-order chi connectivity index (χ1) is 13.6. The van der Waals surface area contributed by atoms with E-state index in [4.69, 9.17) is 5.73 Å². The lowest BCUT2D eigenvalue weighted by Crippen LogP contribution is -2.63. The molecule has 3 fully saturated rings. The van der Waals surface area contributed by atoms with E-state index in [1.807, 2.05) is 18.9 Å². The molecule has 0 bridgehead atoms. The van der Waals surface area contributed by atoms with Gasteiger partial charge in [0.05, 0.1) is 24.1 Å². The summed E-state index contributed by atoms with van der Waals surface area (Å²) in [7, 11) is 1.91. The number of rotatable bonds is 5. The van der Waals surface area contributed by atoms with Crippen LogP contribution in [0.25, 0.3) is 0 Å². The molecule has 0 radical (unpaired) electrons. The predicted molar refractivity (Wildman–Crippen MR) is 107 cm³/mol. The van der Waals surface area contributed by atoms with Gasteiger partial charge in [-0.15, -0.1) is 11.8 Å². The molecule has 4 N–H and O–H groups in total. The van der Waals surface area contributed by atoms with E-state index in [1.165, 1.54) is 16.7 Å². The van der Waals surface area contributed by atoms with Crippen LogP contribution in [0.4, 0.5) is 0 Å². The molecule has 4 aliphatic rings. The Morgan fingerprint density at radius 2 is 1.93 bits per heavy atom. The molecule has 2 amide bonds. The van der Waals surface area contributed by atoms with Gasteiger partial charge < -0.3 is 25.7 Å². The van der Waals surface area contributed by atoms with Crippen LogP contribution in [0.15, 0.2) is 10.6 Å². The normalized spacial score (nSPS) is 36.2. The molecule has 0 aromatic heterocycles. The van der Waals surface area contributed by atoms with Crippen LogP contribution >= 0.6 is 11.8 Å². The van der Waals surface area contributed by atoms with Crippen LogP contribution in [-0.2, 0) is 14.4 Å². The molecule has 4 rings (SSSR count). The number of aliphatic hydroxyl groups excluding tert-OH is 1. The maximum atomic E-state index is 12.7. The Morgan fingerprint density at radius 3 is 2.48 bits per heavy atom. The van der Waals surface area contributed by atoms with Crippen molar-refractivity contribution >= 4 is 29.5 Å². The summed E-state index contributed by atoms with van der Waals surface area (Å²) in [6.07, 6.45) is -0.180. The van der Waals surface area contributed by atoms with Gasteiger partial charge in [-0.2, -0.15) is 0 Å². The lowest BCUT2D eigenvalue weighted by Gasteiger charge is -2.46. The Hall–Kier alpha value is -1.62. The first kappa shape index (κ1) is 20.6. The van der Waals surface area contributed by atoms with Gasteiger partial charge in [-0.05, 0) is 20.4 Å². The van der Waals surface area contributed by atoms with Crippen molar-refractivity contribution in [2.24, 2.45) is 17.6 Å². The maximum Gasteiger partial charge on any atom is 0.353 e. The molecule has 9 nitrogen and oxygen atoms in total. The van der Waals surface area contributed by atoms with Gasteiger partial charge in [0.1, 0.15) is 5.70 Å². The van der Waals surface area contributed by atoms with E-state index in [2.05, 4.69) is 0 Å². The number of likely N-dealkylation sites (N-methyl/N-ethyl adjacent to an activating group) is 1. The molecule has 6 atom stereocenters. The average Bonchev–Trinajstić information content (AvgIpc) is 3.08. The second-order valence-electron chi connectivity index (χ2n) is 8.71. The van der Waals surface area contributed by atoms with Crippen LogP contribution in [0.5, 0.6) is 0 Å². The van der Waals surface area contributed by atoms with Crippen molar-refractivity contribution in [3.8, 4) is 0 Å². The van der Waals surface area contributed by atoms with Gasteiger partial charge >= 0.3 is 5.97 Å². The Kier molecular flexibility index (Phi) is 5.17. The lowest BCUT2D eigenvalue weighted by molar-refractivity contribution is -0.163. The minimum Gasteiger partial charge on any atom is -0.477 e. The topological polar surface area (TPSA) is 127 Å². The number of β-lactam (4-membered cyclic amide) rings is 1. The van der Waals surface area contributed by atoms with Crippen molar-refractivity contribution < 1.29 is 24.6 Å². The highest BCUT2D eigenvalue weighted by Gasteiger charge is 2.60. The summed E-state index contributed by atoms with van der Waals surface area (Å²) in [5, 5.41) is 19.8. The summed E-state index contributed by atoms with van der Waals surface area (Å²) < 4.78 is 0. The molecule has 4 heterocycles. The summed E-state index contributed by atoms with van der Waals surface area (Å²) in [4.78, 5) is 42.9. The van der Waals surface area contributed by atoms with Crippen molar-refractivity contribution in [2.45, 2.75) is 49.7 Å². The molecule has 10 heteroatoms. The molecular weight excluding hydrogens is 396 g/mol. The van der Waals surface area contributed by atoms with Gasteiger partial charge in [-0.25, -0.2) is 4.79 Å². The van der Waals surface area contributed by atoms with Crippen LogP contribution in [0.3, 0.4) is 0 Å². The number of carboxylic acids is 1. The van der Waals surface area contributed by atoms with E-state index in [-0.39, 0.29) is 46.8 Å². The van der Waals surface area contributed by atoms with E-state index in [0.717, 1.165) is 0 Å². The molecule has 160 valence electrons. The molecule has 29 heavy (non-hydrogen) atoms. The minimum absolute atomic E-state index is 0.0422. The number of likely N-dealkylation sites (tertiary alicyclic amines) is 2. The highest BCUT2D eigenvalue weighted by molar-refractivity contribution is 8.03. The zero-order chi connectivity index (χ0) is 21.2. The van der Waals surface area contributed by atoms with Crippen molar-refractivity contribution in [1.82, 2.24) is 14.7 Å². The second-order valence-corrected chi connectivity index (χ2v) is 10.0. The molecule has 0 aliphatic carbocycles. The third kappa shape index (κ3) is 3.17. The van der Waals surface area contributed by atoms with Gasteiger partial charge in [0, 0.05) is 41.7 Å². The summed E-state index contributed by atoms with van der Waals surface area (Å²) in [6, 6.07) is -0.480. The van der Waals surface area contributed by atoms with Crippen LogP contribution in [-0.4, -0.2) is 98.9 Å². The summed E-state index contributed by atoms with van der Waals surface area (Å²) in [6.45, 7) is 5.34. The van der Waals surface area contributed by atoms with Crippen LogP contribution < -0.4 is 5.73 Å². The number of carbonyl (C=O) groups excluding carboxylic acids is 2. The molecule has 0 saturated carbocycles. The van der Waals surface area contributed by atoms with E-state index in [1.54, 1.807) is 11.8 Å². The number of carboxylic acid groups (broad SMARTS) is 1. The Labute approximate surface area is 173 Å². The molecule has 3 saturated heterocycles. The number of nitrogens with two attached hydrogens (primary N) is 1. The number of aliphatic hydroxyl groups is 1. The molecule has 5 unspecified atom stereocenters. The van der Waals surface area contributed by atoms with Crippen LogP contribution in [0, 0.1) is 11.8 Å². The fraction of sp³-hybridized carbons (Fsp3) is 0.737. The monoisotopic (exact) mass is 424 g/mol. The number of carbonyl (C=O) groups is 3. The van der Waals surface area contributed by atoms with Gasteiger partial charge in [0.15, 0.2) is 0 Å². The Bertz CT molecular complexity index is 781. The van der Waals surface area contributed by atoms with E-state index in [0.29, 0.717) is 31.0 Å². The molecule has 0 spiro atoms. The molecule has 0 aromatic rings. The molecular formula is C19H28N4O5S. The van der Waals surface area contributed by atoms with Gasteiger partial charge in [0.25, 0.3) is 0 Å². The van der Waals surface area contributed by atoms with Crippen LogP contribution in [0.1, 0.15) is 20.3 Å². The smallest absolute Gasteiger partial charge is 0.353 e. The van der Waals surface area contributed by atoms with E-state index < -0.39 is 18.0 Å². The third-order valence-electron chi connectivity index (χ3n) is 6.62. The van der Waals surface area contributed by atoms with Crippen molar-refractivity contribution in [2.75, 3.05) is 26.7 Å². The number of thioether (sulfide) groups is 1. The number of fused-ring (bicyclic) bond motifs is 1. The van der Waals surface area contributed by atoms with Crippen molar-refractivity contribution in [3.05, 3.63) is 10.6 Å². The number of aliphatic carboxylic acids is 1. The van der Waals surface area contributed by atoms with E-state index >= 15 is 0 Å². The first-order valence-corrected chi connectivity index (χ1v) is 10.9. The quantitative estimate of drug-likeness (QED) is 0.486. The van der Waals surface area contributed by atoms with Crippen LogP contribution in [0.2, 0.25) is 0 Å². The largest absolute Gasteiger partial charge is 0.477 e. The SMILES string of the molecule is CC(O)C1C(=O)N2C(C(=O)O)=C(SC3CC(C(=O)N4CC(N)C4)N(C)C3)C(C)[C@H]12. The third-order valence-corrected chi connectivity index (χ3v) is 8.12. The van der Waals surface area contributed by atoms with Gasteiger partial charge in [0.2, 0.25) is 11.8 Å². The number of hydrogen-bond donors (Lipinski definition) is 3. The number of amides is 2. The maximum absolute atomic E-state index is 12.7. The van der Waals surface area contributed by atoms with Crippen molar-refractivity contribution in [3.63, 3.8) is 0 Å². The second kappa shape index (κ2) is 7.26. The molecule has 0 aromatic carbocycles. The standard InChI is InChI=1S/C19H28N4O5S/c1-8-14-13(9(2)24)18(26)23(14)15(19(27)28)16(8)29-11-4-12(21(3)7-11)17(25)22-5-10(20)6-22/h8-14,24H,4-7,20H2,1-3H3,(H,27,28)/t8?,9?,11?,12?,13?,14-/m1/s1. The average molecular weight is 425 g/mol. The lowest BCUT2D eigenvalue weighted by atomic mass is 9.79. The highest BCUT2D eigenvalue weighted by Crippen LogP contribution is 2.52. The summed E-state index contributed by atoms with van der Waals surface area (Å²) in [5.74, 6) is -2.08. The zero-order valence-corrected chi connectivity index (χ0v) is 17.6. The minimum atomic E-state index is -1.12. The van der Waals surface area contributed by atoms with Gasteiger partial charge in [-0.1, -0.05) is 6.92 Å². The number of hydrogen-bond acceptors (Lipinski definition) is 7. The highest BCUT2D eigenvalue weighted by atomic mass is 32.2.